The van der Waals surface area contributed by atoms with Crippen molar-refractivity contribution in [2.24, 2.45) is 0 Å². The number of phosphoric ester groups is 1. The zero-order chi connectivity index (χ0) is 47.8. The molecule has 0 spiro atoms. The number of phosphoric acid groups is 1. The first kappa shape index (κ1) is 63.7. The molecule has 0 aromatic heterocycles. The van der Waals surface area contributed by atoms with Crippen LogP contribution in [0.5, 0.6) is 0 Å². The van der Waals surface area contributed by atoms with Crippen LogP contribution in [0.2, 0.25) is 0 Å². The van der Waals surface area contributed by atoms with Crippen molar-refractivity contribution in [1.82, 2.24) is 5.32 Å². The summed E-state index contributed by atoms with van der Waals surface area (Å²) in [6, 6.07) is -0.849. The number of aliphatic hydroxyl groups excluding tert-OH is 1. The molecule has 0 bridgehead atoms. The van der Waals surface area contributed by atoms with Gasteiger partial charge >= 0.3 is 7.82 Å². The minimum absolute atomic E-state index is 0.0610. The van der Waals surface area contributed by atoms with Crippen LogP contribution < -0.4 is 5.32 Å². The molecule has 0 aromatic rings. The van der Waals surface area contributed by atoms with Gasteiger partial charge in [0.15, 0.2) is 0 Å². The van der Waals surface area contributed by atoms with Crippen molar-refractivity contribution in [3.8, 4) is 0 Å². The number of quaternary nitrogens is 1. The fraction of sp³-hybridized carbons (Fsp3) is 0.875. The van der Waals surface area contributed by atoms with Crippen LogP contribution in [0, 0.1) is 0 Å². The highest BCUT2D eigenvalue weighted by atomic mass is 31.2. The van der Waals surface area contributed by atoms with Crippen molar-refractivity contribution in [3.63, 3.8) is 0 Å². The summed E-state index contributed by atoms with van der Waals surface area (Å²) in [7, 11) is 1.57. The smallest absolute Gasteiger partial charge is 0.387 e. The number of hydrogen-bond acceptors (Lipinski definition) is 5. The third-order valence-electron chi connectivity index (χ3n) is 12.6. The van der Waals surface area contributed by atoms with Crippen LogP contribution in [-0.2, 0) is 18.4 Å². The second-order valence-electron chi connectivity index (χ2n) is 20.3. The maximum atomic E-state index is 13.0. The van der Waals surface area contributed by atoms with Crippen molar-refractivity contribution >= 4 is 13.7 Å². The van der Waals surface area contributed by atoms with Gasteiger partial charge in [-0.15, -0.1) is 0 Å². The molecule has 0 rings (SSSR count). The first-order chi connectivity index (χ1) is 31.5. The number of allylic oxidation sites excluding steroid dienone is 5. The number of amides is 1. The van der Waals surface area contributed by atoms with Gasteiger partial charge in [0.05, 0.1) is 39.9 Å². The van der Waals surface area contributed by atoms with E-state index in [4.69, 9.17) is 9.05 Å². The lowest BCUT2D eigenvalue weighted by atomic mass is 10.0. The van der Waals surface area contributed by atoms with Crippen LogP contribution in [0.1, 0.15) is 264 Å². The molecule has 0 saturated carbocycles. The Morgan fingerprint density at radius 1 is 0.523 bits per heavy atom. The van der Waals surface area contributed by atoms with Crippen LogP contribution in [-0.4, -0.2) is 73.4 Å². The summed E-state index contributed by atoms with van der Waals surface area (Å²) in [6.07, 6.45) is 60.9. The Balaban J connectivity index is 4.24. The third-order valence-corrected chi connectivity index (χ3v) is 13.6. The zero-order valence-corrected chi connectivity index (χ0v) is 44.6. The van der Waals surface area contributed by atoms with Crippen molar-refractivity contribution in [3.05, 3.63) is 36.5 Å². The van der Waals surface area contributed by atoms with E-state index in [1.165, 1.54) is 199 Å². The average molecular weight is 938 g/mol. The normalized spacial score (nSPS) is 14.3. The Bertz CT molecular complexity index is 1150. The molecule has 3 unspecified atom stereocenters. The Morgan fingerprint density at radius 3 is 1.29 bits per heavy atom. The molecule has 3 atom stereocenters. The molecule has 8 nitrogen and oxygen atoms in total. The van der Waals surface area contributed by atoms with Crippen LogP contribution in [0.25, 0.3) is 0 Å². The molecule has 0 fully saturated rings. The third kappa shape index (κ3) is 50.4. The molecular weight excluding hydrogens is 828 g/mol. The van der Waals surface area contributed by atoms with E-state index in [-0.39, 0.29) is 19.1 Å². The first-order valence-corrected chi connectivity index (χ1v) is 29.4. The molecular formula is C56H110N2O6P+. The van der Waals surface area contributed by atoms with Crippen molar-refractivity contribution < 1.29 is 32.9 Å². The largest absolute Gasteiger partial charge is 0.472 e. The standard InChI is InChI=1S/C56H109N2O6P/c1-6-8-10-12-14-16-18-20-22-24-26-27-28-29-30-32-33-35-37-39-41-43-45-47-49-55(59)54(53-64-65(61,62)63-52-51-58(3,4)5)57-56(60)50-48-46-44-42-40-38-36-34-31-25-23-21-19-17-15-13-11-9-7-2/h15,17,21,23,47,49,54-55,59H,6-14,16,18-20,22,24-46,48,50-53H2,1-5H3,(H-,57,60,61,62)/p+1/b17-15-,23-21-,49-47+. The predicted molar refractivity (Wildman–Crippen MR) is 281 cm³/mol. The van der Waals surface area contributed by atoms with E-state index < -0.39 is 20.0 Å². The predicted octanol–water partition coefficient (Wildman–Crippen LogP) is 16.6. The highest BCUT2D eigenvalue weighted by molar-refractivity contribution is 7.47. The van der Waals surface area contributed by atoms with E-state index in [0.717, 1.165) is 44.9 Å². The second kappa shape index (κ2) is 47.8. The lowest BCUT2D eigenvalue weighted by Crippen LogP contribution is -2.45. The van der Waals surface area contributed by atoms with Gasteiger partial charge in [-0.1, -0.05) is 243 Å². The monoisotopic (exact) mass is 938 g/mol. The van der Waals surface area contributed by atoms with E-state index >= 15 is 0 Å². The molecule has 0 aliphatic heterocycles. The average Bonchev–Trinajstić information content (AvgIpc) is 3.26. The number of unbranched alkanes of at least 4 members (excludes halogenated alkanes) is 34. The molecule has 0 aliphatic rings. The van der Waals surface area contributed by atoms with Crippen LogP contribution in [0.3, 0.4) is 0 Å². The fourth-order valence-corrected chi connectivity index (χ4v) is 8.93. The van der Waals surface area contributed by atoms with Gasteiger partial charge in [-0.2, -0.15) is 0 Å². The van der Waals surface area contributed by atoms with Gasteiger partial charge in [0, 0.05) is 6.42 Å². The molecule has 0 radical (unpaired) electrons. The molecule has 0 aromatic carbocycles. The van der Waals surface area contributed by atoms with E-state index in [0.29, 0.717) is 17.4 Å². The van der Waals surface area contributed by atoms with Crippen LogP contribution in [0.4, 0.5) is 0 Å². The maximum absolute atomic E-state index is 13.0. The number of aliphatic hydroxyl groups is 1. The van der Waals surface area contributed by atoms with E-state index in [2.05, 4.69) is 43.5 Å². The van der Waals surface area contributed by atoms with E-state index in [1.807, 2.05) is 27.2 Å². The van der Waals surface area contributed by atoms with Gasteiger partial charge in [-0.05, 0) is 51.4 Å². The van der Waals surface area contributed by atoms with Gasteiger partial charge in [0.25, 0.3) is 0 Å². The molecule has 0 saturated heterocycles. The van der Waals surface area contributed by atoms with Crippen molar-refractivity contribution in [2.45, 2.75) is 276 Å². The molecule has 65 heavy (non-hydrogen) atoms. The number of carbonyl (C=O) groups is 1. The summed E-state index contributed by atoms with van der Waals surface area (Å²) in [5.74, 6) is -0.179. The number of rotatable bonds is 51. The molecule has 1 amide bonds. The highest BCUT2D eigenvalue weighted by Crippen LogP contribution is 2.43. The van der Waals surface area contributed by atoms with Gasteiger partial charge in [0.1, 0.15) is 13.2 Å². The molecule has 0 heterocycles. The lowest BCUT2D eigenvalue weighted by Gasteiger charge is -2.25. The second-order valence-corrected chi connectivity index (χ2v) is 21.8. The SMILES string of the molecule is CCCCC/C=C\C/C=C\CCCCCCCCCCCC(=O)NC(COP(=O)(O)OCC[N+](C)(C)C)C(O)/C=C/CCCCCCCCCCCCCCCCCCCCCCCC. The van der Waals surface area contributed by atoms with Gasteiger partial charge < -0.3 is 19.8 Å². The van der Waals surface area contributed by atoms with Gasteiger partial charge in [0.2, 0.25) is 5.91 Å². The van der Waals surface area contributed by atoms with Crippen LogP contribution >= 0.6 is 7.82 Å². The molecule has 9 heteroatoms. The number of carbonyl (C=O) groups excluding carboxylic acids is 1. The van der Waals surface area contributed by atoms with E-state index in [1.54, 1.807) is 6.08 Å². The summed E-state index contributed by atoms with van der Waals surface area (Å²) in [4.78, 5) is 23.3. The topological polar surface area (TPSA) is 105 Å². The van der Waals surface area contributed by atoms with E-state index in [9.17, 15) is 19.4 Å². The van der Waals surface area contributed by atoms with Crippen molar-refractivity contribution in [1.29, 1.82) is 0 Å². The molecule has 384 valence electrons. The number of hydrogen-bond donors (Lipinski definition) is 3. The minimum Gasteiger partial charge on any atom is -0.387 e. The highest BCUT2D eigenvalue weighted by Gasteiger charge is 2.27. The Labute approximate surface area is 404 Å². The number of nitrogens with one attached hydrogen (secondary N) is 1. The number of nitrogens with zero attached hydrogens (tertiary/aromatic N) is 1. The fourth-order valence-electron chi connectivity index (χ4n) is 8.19. The Hall–Kier alpha value is -1.28. The summed E-state index contributed by atoms with van der Waals surface area (Å²) in [6.45, 7) is 4.82. The summed E-state index contributed by atoms with van der Waals surface area (Å²) in [5.41, 5.74) is 0. The van der Waals surface area contributed by atoms with Crippen molar-refractivity contribution in [2.75, 3.05) is 40.9 Å². The van der Waals surface area contributed by atoms with Gasteiger partial charge in [-0.3, -0.25) is 13.8 Å². The zero-order valence-electron chi connectivity index (χ0n) is 43.7. The summed E-state index contributed by atoms with van der Waals surface area (Å²) >= 11 is 0. The molecule has 3 N–H and O–H groups in total. The van der Waals surface area contributed by atoms with Gasteiger partial charge in [-0.25, -0.2) is 4.57 Å². The maximum Gasteiger partial charge on any atom is 0.472 e. The molecule has 0 aliphatic carbocycles. The van der Waals surface area contributed by atoms with Crippen LogP contribution in [0.15, 0.2) is 36.5 Å². The summed E-state index contributed by atoms with van der Waals surface area (Å²) < 4.78 is 23.7. The Kier molecular flexibility index (Phi) is 46.8. The Morgan fingerprint density at radius 2 is 0.877 bits per heavy atom. The summed E-state index contributed by atoms with van der Waals surface area (Å²) in [5, 5.41) is 13.9. The number of likely N-dealkylation sites (N-methyl/N-ethyl adjacent to an activating group) is 1. The minimum atomic E-state index is -4.35. The lowest BCUT2D eigenvalue weighted by molar-refractivity contribution is -0.870. The quantitative estimate of drug-likeness (QED) is 0.0243. The first-order valence-electron chi connectivity index (χ1n) is 27.9.